The van der Waals surface area contributed by atoms with E-state index in [1.165, 1.54) is 0 Å². The van der Waals surface area contributed by atoms with Gasteiger partial charge in [-0.3, -0.25) is 9.20 Å². The molecule has 0 bridgehead atoms. The maximum atomic E-state index is 12.3. The number of aromatic nitrogens is 2. The van der Waals surface area contributed by atoms with E-state index in [2.05, 4.69) is 20.9 Å². The highest BCUT2D eigenvalue weighted by atomic mass is 79.9. The van der Waals surface area contributed by atoms with Gasteiger partial charge in [0.2, 0.25) is 0 Å². The first-order valence-electron chi connectivity index (χ1n) is 6.48. The van der Waals surface area contributed by atoms with Gasteiger partial charge in [0, 0.05) is 11.8 Å². The fourth-order valence-electron chi connectivity index (χ4n) is 2.16. The molecule has 0 aliphatic rings. The monoisotopic (exact) mass is 344 g/mol. The van der Waals surface area contributed by atoms with Crippen LogP contribution in [0.1, 0.15) is 16.1 Å². The van der Waals surface area contributed by atoms with Crippen LogP contribution in [0.15, 0.2) is 53.3 Å². The van der Waals surface area contributed by atoms with Crippen LogP contribution in [0, 0.1) is 0 Å². The predicted molar refractivity (Wildman–Crippen MR) is 83.9 cm³/mol. The molecular formula is C16H13BrN2O2. The highest BCUT2D eigenvalue weighted by molar-refractivity contribution is 9.10. The number of fused-ring (bicyclic) bond motifs is 1. The SMILES string of the molecule is COc1ccc(C(=O)Cc2nc3ccccn3c2Br)cc1. The molecular weight excluding hydrogens is 332 g/mol. The number of methoxy groups -OCH3 is 1. The molecule has 21 heavy (non-hydrogen) atoms. The molecule has 3 aromatic rings. The van der Waals surface area contributed by atoms with Crippen LogP contribution in [0.5, 0.6) is 5.75 Å². The van der Waals surface area contributed by atoms with Gasteiger partial charge in [-0.1, -0.05) is 6.07 Å². The zero-order valence-corrected chi connectivity index (χ0v) is 13.0. The van der Waals surface area contributed by atoms with E-state index in [0.29, 0.717) is 5.56 Å². The number of imidazole rings is 1. The summed E-state index contributed by atoms with van der Waals surface area (Å²) >= 11 is 3.50. The Hall–Kier alpha value is -2.14. The number of pyridine rings is 1. The Bertz CT molecular complexity index is 794. The molecule has 2 heterocycles. The van der Waals surface area contributed by atoms with E-state index in [1.54, 1.807) is 31.4 Å². The van der Waals surface area contributed by atoms with Crippen molar-refractivity contribution in [3.63, 3.8) is 0 Å². The molecule has 0 unspecified atom stereocenters. The Kier molecular flexibility index (Phi) is 3.75. The van der Waals surface area contributed by atoms with Crippen molar-refractivity contribution in [2.75, 3.05) is 7.11 Å². The minimum absolute atomic E-state index is 0.0294. The normalized spacial score (nSPS) is 10.8. The van der Waals surface area contributed by atoms with Gasteiger partial charge in [-0.15, -0.1) is 0 Å². The number of rotatable bonds is 4. The third kappa shape index (κ3) is 2.69. The number of carbonyl (C=O) groups is 1. The lowest BCUT2D eigenvalue weighted by atomic mass is 10.1. The van der Waals surface area contributed by atoms with Gasteiger partial charge >= 0.3 is 0 Å². The molecule has 3 rings (SSSR count). The quantitative estimate of drug-likeness (QED) is 0.680. The molecule has 4 nitrogen and oxygen atoms in total. The number of benzene rings is 1. The Labute approximate surface area is 130 Å². The third-order valence-corrected chi connectivity index (χ3v) is 4.12. The maximum absolute atomic E-state index is 12.3. The molecule has 0 fully saturated rings. The molecule has 106 valence electrons. The van der Waals surface area contributed by atoms with Crippen molar-refractivity contribution >= 4 is 27.4 Å². The van der Waals surface area contributed by atoms with E-state index >= 15 is 0 Å². The summed E-state index contributed by atoms with van der Waals surface area (Å²) in [5.74, 6) is 0.766. The summed E-state index contributed by atoms with van der Waals surface area (Å²) in [7, 11) is 1.60. The predicted octanol–water partition coefficient (Wildman–Crippen LogP) is 3.53. The van der Waals surface area contributed by atoms with Crippen molar-refractivity contribution in [1.29, 1.82) is 0 Å². The maximum Gasteiger partial charge on any atom is 0.168 e. The number of ketones is 1. The van der Waals surface area contributed by atoms with E-state index in [0.717, 1.165) is 21.7 Å². The van der Waals surface area contributed by atoms with Crippen molar-refractivity contribution in [2.24, 2.45) is 0 Å². The Morgan fingerprint density at radius 2 is 2.00 bits per heavy atom. The Morgan fingerprint density at radius 3 is 2.67 bits per heavy atom. The van der Waals surface area contributed by atoms with Gasteiger partial charge in [0.05, 0.1) is 19.2 Å². The first-order valence-corrected chi connectivity index (χ1v) is 7.27. The molecule has 0 aliphatic carbocycles. The highest BCUT2D eigenvalue weighted by Crippen LogP contribution is 2.21. The summed E-state index contributed by atoms with van der Waals surface area (Å²) < 4.78 is 7.82. The molecule has 0 saturated carbocycles. The van der Waals surface area contributed by atoms with E-state index in [4.69, 9.17) is 4.74 Å². The van der Waals surface area contributed by atoms with Crippen molar-refractivity contribution in [1.82, 2.24) is 9.38 Å². The molecule has 0 spiro atoms. The summed E-state index contributed by atoms with van der Waals surface area (Å²) in [6, 6.07) is 12.9. The number of Topliss-reactive ketones (excluding diaryl/α,β-unsaturated/α-hetero) is 1. The van der Waals surface area contributed by atoms with E-state index in [1.807, 2.05) is 28.8 Å². The van der Waals surface area contributed by atoms with Crippen LogP contribution in [0.2, 0.25) is 0 Å². The van der Waals surface area contributed by atoms with Crippen LogP contribution in [0.25, 0.3) is 5.65 Å². The van der Waals surface area contributed by atoms with Gasteiger partial charge in [-0.2, -0.15) is 0 Å². The topological polar surface area (TPSA) is 43.6 Å². The fraction of sp³-hybridized carbons (Fsp3) is 0.125. The summed E-state index contributed by atoms with van der Waals surface area (Å²) in [5, 5.41) is 0. The number of hydrogen-bond acceptors (Lipinski definition) is 3. The standard InChI is InChI=1S/C16H13BrN2O2/c1-21-12-7-5-11(6-8-12)14(20)10-13-16(17)19-9-3-2-4-15(19)18-13/h2-9H,10H2,1H3. The summed E-state index contributed by atoms with van der Waals surface area (Å²) in [6.07, 6.45) is 2.17. The van der Waals surface area contributed by atoms with Crippen LogP contribution < -0.4 is 4.74 Å². The van der Waals surface area contributed by atoms with Crippen molar-refractivity contribution in [3.05, 3.63) is 64.5 Å². The molecule has 0 aliphatic heterocycles. The molecule has 0 saturated heterocycles. The summed E-state index contributed by atoms with van der Waals surface area (Å²) in [5.41, 5.74) is 2.21. The van der Waals surface area contributed by atoms with Crippen LogP contribution in [-0.4, -0.2) is 22.3 Å². The number of carbonyl (C=O) groups excluding carboxylic acids is 1. The first kappa shape index (κ1) is 13.8. The van der Waals surface area contributed by atoms with Crippen molar-refractivity contribution in [3.8, 4) is 5.75 Å². The molecule has 0 atom stereocenters. The first-order chi connectivity index (χ1) is 10.2. The van der Waals surface area contributed by atoms with Gasteiger partial charge in [-0.05, 0) is 52.3 Å². The molecule has 0 amide bonds. The minimum atomic E-state index is 0.0294. The van der Waals surface area contributed by atoms with Crippen LogP contribution in [-0.2, 0) is 6.42 Å². The van der Waals surface area contributed by atoms with Crippen LogP contribution in [0.4, 0.5) is 0 Å². The minimum Gasteiger partial charge on any atom is -0.497 e. The van der Waals surface area contributed by atoms with E-state index < -0.39 is 0 Å². The second-order valence-corrected chi connectivity index (χ2v) is 5.36. The molecule has 1 aromatic carbocycles. The van der Waals surface area contributed by atoms with Crippen LogP contribution >= 0.6 is 15.9 Å². The lowest BCUT2D eigenvalue weighted by Crippen LogP contribution is -2.04. The van der Waals surface area contributed by atoms with Gasteiger partial charge in [0.1, 0.15) is 16.0 Å². The Morgan fingerprint density at radius 1 is 1.24 bits per heavy atom. The molecule has 0 radical (unpaired) electrons. The van der Waals surface area contributed by atoms with Crippen LogP contribution in [0.3, 0.4) is 0 Å². The summed E-state index contributed by atoms with van der Waals surface area (Å²) in [6.45, 7) is 0. The van der Waals surface area contributed by atoms with Gasteiger partial charge in [0.25, 0.3) is 0 Å². The van der Waals surface area contributed by atoms with Crippen molar-refractivity contribution in [2.45, 2.75) is 6.42 Å². The molecule has 2 aromatic heterocycles. The second kappa shape index (κ2) is 5.69. The largest absolute Gasteiger partial charge is 0.497 e. The molecule has 0 N–H and O–H groups in total. The average molecular weight is 345 g/mol. The lowest BCUT2D eigenvalue weighted by Gasteiger charge is -2.02. The Balaban J connectivity index is 1.87. The van der Waals surface area contributed by atoms with Gasteiger partial charge < -0.3 is 4.74 Å². The lowest BCUT2D eigenvalue weighted by molar-refractivity contribution is 0.0992. The number of nitrogens with zero attached hydrogens (tertiary/aromatic N) is 2. The van der Waals surface area contributed by atoms with Gasteiger partial charge in [-0.25, -0.2) is 4.98 Å². The summed E-state index contributed by atoms with van der Waals surface area (Å²) in [4.78, 5) is 16.8. The molecule has 5 heteroatoms. The second-order valence-electron chi connectivity index (χ2n) is 4.61. The zero-order valence-electron chi connectivity index (χ0n) is 11.4. The number of halogens is 1. The fourth-order valence-corrected chi connectivity index (χ4v) is 2.69. The van der Waals surface area contributed by atoms with Gasteiger partial charge in [0.15, 0.2) is 5.78 Å². The van der Waals surface area contributed by atoms with E-state index in [9.17, 15) is 4.79 Å². The van der Waals surface area contributed by atoms with E-state index in [-0.39, 0.29) is 12.2 Å². The van der Waals surface area contributed by atoms with Crippen molar-refractivity contribution < 1.29 is 9.53 Å². The zero-order chi connectivity index (χ0) is 14.8. The average Bonchev–Trinajstić information content (AvgIpc) is 2.84. The highest BCUT2D eigenvalue weighted by Gasteiger charge is 2.14. The smallest absolute Gasteiger partial charge is 0.168 e. The number of ether oxygens (including phenoxy) is 1. The number of hydrogen-bond donors (Lipinski definition) is 0. The third-order valence-electron chi connectivity index (χ3n) is 3.28.